The van der Waals surface area contributed by atoms with E-state index in [2.05, 4.69) is 15.5 Å². The van der Waals surface area contributed by atoms with Gasteiger partial charge < -0.3 is 28.8 Å². The summed E-state index contributed by atoms with van der Waals surface area (Å²) in [4.78, 5) is 56.5. The van der Waals surface area contributed by atoms with Crippen LogP contribution in [0.25, 0.3) is 0 Å². The molecule has 0 aliphatic rings. The van der Waals surface area contributed by atoms with Crippen LogP contribution >= 0.6 is 0 Å². The molecule has 0 spiro atoms. The average Bonchev–Trinajstić information content (AvgIpc) is 3.34. The Hall–Kier alpha value is -4.00. The maximum absolute atomic E-state index is 13.0. The van der Waals surface area contributed by atoms with Crippen LogP contribution in [0.5, 0.6) is 5.88 Å². The van der Waals surface area contributed by atoms with E-state index in [1.54, 1.807) is 61.5 Å². The van der Waals surface area contributed by atoms with Crippen LogP contribution in [0.1, 0.15) is 61.0 Å². The third kappa shape index (κ3) is 9.95. The number of ketones is 1. The van der Waals surface area contributed by atoms with E-state index >= 15 is 0 Å². The van der Waals surface area contributed by atoms with Gasteiger partial charge in [-0.05, 0) is 72.2 Å². The first kappa shape index (κ1) is 32.2. The molecule has 0 fully saturated rings. The smallest absolute Gasteiger partial charge is 0.425 e. The molecule has 0 aliphatic heterocycles. The Labute approximate surface area is 233 Å². The minimum absolute atomic E-state index is 0.0265. The lowest BCUT2D eigenvalue weighted by molar-refractivity contribution is -0.142. The number of aromatic nitrogens is 2. The first-order valence-electron chi connectivity index (χ1n) is 12.5. The molecule has 0 aromatic carbocycles. The zero-order chi connectivity index (χ0) is 30.3. The highest BCUT2D eigenvalue weighted by molar-refractivity contribution is 6.08. The molecule has 1 atom stereocenters. The Balaban J connectivity index is 2.30. The van der Waals surface area contributed by atoms with Gasteiger partial charge in [0.1, 0.15) is 28.9 Å². The Kier molecular flexibility index (Phi) is 10.4. The molecule has 13 heteroatoms. The van der Waals surface area contributed by atoms with Gasteiger partial charge >= 0.3 is 12.2 Å². The van der Waals surface area contributed by atoms with E-state index in [9.17, 15) is 19.2 Å². The van der Waals surface area contributed by atoms with Crippen molar-refractivity contribution < 1.29 is 42.6 Å². The molecular formula is C27H38N4O9. The van der Waals surface area contributed by atoms with Crippen molar-refractivity contribution in [1.29, 1.82) is 0 Å². The van der Waals surface area contributed by atoms with Gasteiger partial charge in [-0.2, -0.15) is 4.90 Å². The molecule has 0 aliphatic carbocycles. The van der Waals surface area contributed by atoms with Gasteiger partial charge in [-0.3, -0.25) is 9.59 Å². The van der Waals surface area contributed by atoms with Crippen molar-refractivity contribution in [1.82, 2.24) is 15.5 Å². The normalized spacial score (nSPS) is 12.7. The molecule has 40 heavy (non-hydrogen) atoms. The van der Waals surface area contributed by atoms with Gasteiger partial charge in [-0.1, -0.05) is 6.07 Å². The molecule has 0 saturated carbocycles. The van der Waals surface area contributed by atoms with Gasteiger partial charge in [-0.25, -0.2) is 14.6 Å². The number of methoxy groups -OCH3 is 1. The lowest BCUT2D eigenvalue weighted by Crippen LogP contribution is -2.52. The first-order chi connectivity index (χ1) is 18.4. The Bertz CT molecular complexity index is 1140. The maximum atomic E-state index is 13.0. The third-order valence-corrected chi connectivity index (χ3v) is 5.16. The van der Waals surface area contributed by atoms with Gasteiger partial charge in [-0.15, -0.1) is 0 Å². The molecule has 1 unspecified atom stereocenters. The van der Waals surface area contributed by atoms with E-state index in [0.29, 0.717) is 10.5 Å². The quantitative estimate of drug-likeness (QED) is 0.448. The number of nitrogens with one attached hydrogen (secondary N) is 1. The van der Waals surface area contributed by atoms with Crippen molar-refractivity contribution in [2.75, 3.05) is 18.6 Å². The first-order valence-corrected chi connectivity index (χ1v) is 12.5. The van der Waals surface area contributed by atoms with Crippen LogP contribution in [0, 0.1) is 0 Å². The van der Waals surface area contributed by atoms with Crippen LogP contribution in [-0.4, -0.2) is 70.6 Å². The third-order valence-electron chi connectivity index (χ3n) is 5.16. The summed E-state index contributed by atoms with van der Waals surface area (Å²) < 4.78 is 26.0. The molecule has 3 amide bonds. The molecule has 2 rings (SSSR count). The molecule has 0 saturated heterocycles. The summed E-state index contributed by atoms with van der Waals surface area (Å²) in [6.45, 7) is 12.7. The molecule has 2 heterocycles. The fourth-order valence-corrected chi connectivity index (χ4v) is 2.97. The zero-order valence-electron chi connectivity index (χ0n) is 24.4. The molecule has 13 nitrogen and oxygen atoms in total. The maximum Gasteiger partial charge on any atom is 0.425 e. The van der Waals surface area contributed by atoms with Gasteiger partial charge in [0.15, 0.2) is 12.4 Å². The summed E-state index contributed by atoms with van der Waals surface area (Å²) in [6.07, 6.45) is 0.774. The second-order valence-electron chi connectivity index (χ2n) is 11.4. The highest BCUT2D eigenvalue weighted by Gasteiger charge is 2.34. The number of rotatable bonds is 10. The van der Waals surface area contributed by atoms with Crippen LogP contribution in [0.15, 0.2) is 35.2 Å². The average molecular weight is 563 g/mol. The van der Waals surface area contributed by atoms with Crippen LogP contribution in [0.3, 0.4) is 0 Å². The molecule has 220 valence electrons. The molecule has 0 bridgehead atoms. The van der Waals surface area contributed by atoms with Crippen molar-refractivity contribution in [3.05, 3.63) is 36.2 Å². The van der Waals surface area contributed by atoms with Crippen molar-refractivity contribution >= 4 is 29.7 Å². The Morgan fingerprint density at radius 3 is 2.00 bits per heavy atom. The van der Waals surface area contributed by atoms with Crippen molar-refractivity contribution in [2.45, 2.75) is 84.7 Å². The summed E-state index contributed by atoms with van der Waals surface area (Å²) in [5.41, 5.74) is -2.44. The summed E-state index contributed by atoms with van der Waals surface area (Å²) in [7, 11) is 1.38. The van der Waals surface area contributed by atoms with E-state index in [1.165, 1.54) is 31.7 Å². The fraction of sp³-hybridized carbons (Fsp3) is 0.556. The van der Waals surface area contributed by atoms with E-state index in [1.807, 2.05) is 0 Å². The number of nitrogens with zero attached hydrogens (tertiary/aromatic N) is 3. The lowest BCUT2D eigenvalue weighted by Gasteiger charge is -2.28. The van der Waals surface area contributed by atoms with Crippen molar-refractivity contribution in [2.24, 2.45) is 0 Å². The summed E-state index contributed by atoms with van der Waals surface area (Å²) in [5.74, 6) is -0.892. The minimum atomic E-state index is -1.20. The predicted octanol–water partition coefficient (Wildman–Crippen LogP) is 3.85. The summed E-state index contributed by atoms with van der Waals surface area (Å²) in [5, 5.41) is 6.28. The van der Waals surface area contributed by atoms with Gasteiger partial charge in [0.2, 0.25) is 0 Å². The lowest BCUT2D eigenvalue weighted by atomic mass is 10.0. The summed E-state index contributed by atoms with van der Waals surface area (Å²) >= 11 is 0. The Morgan fingerprint density at radius 2 is 1.55 bits per heavy atom. The van der Waals surface area contributed by atoms with Crippen LogP contribution in [-0.2, 0) is 30.2 Å². The predicted molar refractivity (Wildman–Crippen MR) is 143 cm³/mol. The van der Waals surface area contributed by atoms with E-state index in [4.69, 9.17) is 23.5 Å². The number of pyridine rings is 1. The van der Waals surface area contributed by atoms with E-state index < -0.39 is 46.7 Å². The number of anilines is 1. The highest BCUT2D eigenvalue weighted by atomic mass is 16.6. The van der Waals surface area contributed by atoms with Crippen molar-refractivity contribution in [3.63, 3.8) is 0 Å². The van der Waals surface area contributed by atoms with Crippen LogP contribution < -0.4 is 15.0 Å². The van der Waals surface area contributed by atoms with Crippen LogP contribution in [0.4, 0.5) is 15.4 Å². The number of hydrogen-bond donors (Lipinski definition) is 1. The molecular weight excluding hydrogens is 524 g/mol. The molecule has 1 N–H and O–H groups in total. The number of carbonyl (C=O) groups excluding carboxylic acids is 4. The zero-order valence-corrected chi connectivity index (χ0v) is 24.4. The largest absolute Gasteiger partial charge is 0.467 e. The van der Waals surface area contributed by atoms with Gasteiger partial charge in [0.25, 0.3) is 11.8 Å². The highest BCUT2D eigenvalue weighted by Crippen LogP contribution is 2.21. The molecule has 2 aromatic heterocycles. The second kappa shape index (κ2) is 12.9. The topological polar surface area (TPSA) is 159 Å². The SMILES string of the molecule is COC(C)(C)C(=O)NC(Cc1ccc(N(C(=O)OC(C)(C)C)C(=O)OC(C)(C)C)nc1)C(=O)COc1ccon1. The van der Waals surface area contributed by atoms with Crippen LogP contribution in [0.2, 0.25) is 0 Å². The van der Waals surface area contributed by atoms with E-state index in [0.717, 1.165) is 0 Å². The number of amides is 3. The summed E-state index contributed by atoms with van der Waals surface area (Å²) in [6, 6.07) is 3.40. The van der Waals surface area contributed by atoms with Crippen molar-refractivity contribution in [3.8, 4) is 5.88 Å². The number of carbonyl (C=O) groups is 4. The monoisotopic (exact) mass is 562 g/mol. The molecule has 2 aromatic rings. The minimum Gasteiger partial charge on any atom is -0.467 e. The fourth-order valence-electron chi connectivity index (χ4n) is 2.97. The van der Waals surface area contributed by atoms with Gasteiger partial charge in [0, 0.05) is 25.8 Å². The van der Waals surface area contributed by atoms with E-state index in [-0.39, 0.29) is 24.7 Å². The second-order valence-corrected chi connectivity index (χ2v) is 11.4. The number of imide groups is 1. The number of hydrogen-bond acceptors (Lipinski definition) is 11. The number of Topliss-reactive ketones (excluding diaryl/α,β-unsaturated/α-hetero) is 1. The Morgan fingerprint density at radius 1 is 0.950 bits per heavy atom. The molecule has 0 radical (unpaired) electrons. The standard InChI is InChI=1S/C27H38N4O9/c1-25(2,3)39-23(34)31(24(35)40-26(4,5)6)20-11-10-17(15-28-20)14-18(29-22(33)27(7,8)36-9)19(32)16-37-21-12-13-38-30-21/h10-13,15,18H,14,16H2,1-9H3,(H,29,33). The van der Waals surface area contributed by atoms with Gasteiger partial charge in [0.05, 0.1) is 6.04 Å². The number of ether oxygens (including phenoxy) is 4.